The highest BCUT2D eigenvalue weighted by Crippen LogP contribution is 2.21. The van der Waals surface area contributed by atoms with Crippen LogP contribution in [0.1, 0.15) is 22.0 Å². The molecular weight excluding hydrogens is 330 g/mol. The Labute approximate surface area is 151 Å². The lowest BCUT2D eigenvalue weighted by atomic mass is 10.0. The number of benzene rings is 3. The van der Waals surface area contributed by atoms with E-state index in [9.17, 15) is 14.7 Å². The Kier molecular flexibility index (Phi) is 5.29. The van der Waals surface area contributed by atoms with E-state index in [0.717, 1.165) is 10.8 Å². The Bertz CT molecular complexity index is 918. The van der Waals surface area contributed by atoms with Crippen molar-refractivity contribution in [2.24, 2.45) is 0 Å². The molecular formula is C21H19NO4. The lowest BCUT2D eigenvalue weighted by molar-refractivity contribution is -0.146. The van der Waals surface area contributed by atoms with E-state index >= 15 is 0 Å². The quantitative estimate of drug-likeness (QED) is 0.695. The maximum atomic E-state index is 12.8. The standard InChI is InChI=1S/C21H19NO4/c1-26-21(25)18(19(23)15-9-3-2-4-10-15)22-20(24)17-13-7-11-14-8-5-6-12-16(14)17/h2-13,18-19,23H,1H3,(H,22,24)/t18-,19?/m0/s1. The predicted molar refractivity (Wildman–Crippen MR) is 98.6 cm³/mol. The first-order valence-electron chi connectivity index (χ1n) is 8.21. The van der Waals surface area contributed by atoms with Gasteiger partial charge in [0.2, 0.25) is 0 Å². The molecule has 3 rings (SSSR count). The Morgan fingerprint density at radius 1 is 0.923 bits per heavy atom. The van der Waals surface area contributed by atoms with Gasteiger partial charge in [-0.25, -0.2) is 4.79 Å². The number of ether oxygens (including phenoxy) is 1. The molecule has 2 N–H and O–H groups in total. The summed E-state index contributed by atoms with van der Waals surface area (Å²) in [6.07, 6.45) is -1.22. The first-order chi connectivity index (χ1) is 12.6. The Balaban J connectivity index is 1.91. The number of aliphatic hydroxyl groups excluding tert-OH is 1. The van der Waals surface area contributed by atoms with Gasteiger partial charge >= 0.3 is 5.97 Å². The number of esters is 1. The fraction of sp³-hybridized carbons (Fsp3) is 0.143. The third kappa shape index (κ3) is 3.58. The lowest BCUT2D eigenvalue weighted by Crippen LogP contribution is -2.45. The smallest absolute Gasteiger partial charge is 0.331 e. The molecule has 1 unspecified atom stereocenters. The van der Waals surface area contributed by atoms with E-state index in [1.54, 1.807) is 42.5 Å². The first-order valence-corrected chi connectivity index (χ1v) is 8.21. The number of methoxy groups -OCH3 is 1. The number of aliphatic hydroxyl groups is 1. The second-order valence-corrected chi connectivity index (χ2v) is 5.86. The van der Waals surface area contributed by atoms with Crippen LogP contribution in [0.25, 0.3) is 10.8 Å². The van der Waals surface area contributed by atoms with Gasteiger partial charge in [-0.2, -0.15) is 0 Å². The van der Waals surface area contributed by atoms with E-state index in [1.807, 2.05) is 30.3 Å². The summed E-state index contributed by atoms with van der Waals surface area (Å²) in [4.78, 5) is 25.0. The highest BCUT2D eigenvalue weighted by atomic mass is 16.5. The number of hydrogen-bond donors (Lipinski definition) is 2. The zero-order valence-corrected chi connectivity index (χ0v) is 14.3. The van der Waals surface area contributed by atoms with Crippen LogP contribution < -0.4 is 5.32 Å². The Morgan fingerprint density at radius 2 is 1.58 bits per heavy atom. The molecule has 0 aliphatic heterocycles. The molecule has 5 nitrogen and oxygen atoms in total. The van der Waals surface area contributed by atoms with Gasteiger partial charge in [-0.1, -0.05) is 66.7 Å². The van der Waals surface area contributed by atoms with Gasteiger partial charge in [0.25, 0.3) is 5.91 Å². The zero-order valence-electron chi connectivity index (χ0n) is 14.3. The maximum absolute atomic E-state index is 12.8. The van der Waals surface area contributed by atoms with Crippen LogP contribution in [0.4, 0.5) is 0 Å². The predicted octanol–water partition coefficient (Wildman–Crippen LogP) is 2.84. The number of rotatable bonds is 5. The summed E-state index contributed by atoms with van der Waals surface area (Å²) in [7, 11) is 1.22. The Morgan fingerprint density at radius 3 is 2.31 bits per heavy atom. The molecule has 0 heterocycles. The van der Waals surface area contributed by atoms with Gasteiger partial charge in [0.1, 0.15) is 6.10 Å². The monoisotopic (exact) mass is 349 g/mol. The summed E-state index contributed by atoms with van der Waals surface area (Å²) >= 11 is 0. The molecule has 0 aliphatic carbocycles. The molecule has 0 spiro atoms. The average Bonchev–Trinajstić information content (AvgIpc) is 2.71. The topological polar surface area (TPSA) is 75.6 Å². The molecule has 26 heavy (non-hydrogen) atoms. The van der Waals surface area contributed by atoms with Crippen LogP contribution in [0.5, 0.6) is 0 Å². The number of carbonyl (C=O) groups excluding carboxylic acids is 2. The van der Waals surface area contributed by atoms with Crippen LogP contribution in [0, 0.1) is 0 Å². The molecule has 3 aromatic carbocycles. The summed E-state index contributed by atoms with van der Waals surface area (Å²) in [5.41, 5.74) is 0.943. The van der Waals surface area contributed by atoms with E-state index in [0.29, 0.717) is 11.1 Å². The van der Waals surface area contributed by atoms with Crippen molar-refractivity contribution in [3.05, 3.63) is 83.9 Å². The molecule has 0 aromatic heterocycles. The third-order valence-electron chi connectivity index (χ3n) is 4.23. The van der Waals surface area contributed by atoms with E-state index in [1.165, 1.54) is 7.11 Å². The molecule has 0 saturated heterocycles. The van der Waals surface area contributed by atoms with Crippen molar-refractivity contribution in [3.63, 3.8) is 0 Å². The lowest BCUT2D eigenvalue weighted by Gasteiger charge is -2.22. The molecule has 1 amide bonds. The van der Waals surface area contributed by atoms with E-state index in [2.05, 4.69) is 5.32 Å². The second-order valence-electron chi connectivity index (χ2n) is 5.86. The molecule has 3 aromatic rings. The number of fused-ring (bicyclic) bond motifs is 1. The first kappa shape index (κ1) is 17.6. The fourth-order valence-corrected chi connectivity index (χ4v) is 2.88. The highest BCUT2D eigenvalue weighted by Gasteiger charge is 2.31. The molecule has 5 heteroatoms. The van der Waals surface area contributed by atoms with Crippen molar-refractivity contribution < 1.29 is 19.4 Å². The van der Waals surface area contributed by atoms with Crippen molar-refractivity contribution in [2.45, 2.75) is 12.1 Å². The van der Waals surface area contributed by atoms with Gasteiger partial charge in [-0.15, -0.1) is 0 Å². The van der Waals surface area contributed by atoms with E-state index in [4.69, 9.17) is 4.74 Å². The van der Waals surface area contributed by atoms with Crippen LogP contribution in [-0.2, 0) is 9.53 Å². The van der Waals surface area contributed by atoms with Gasteiger partial charge in [0.05, 0.1) is 7.11 Å². The van der Waals surface area contributed by atoms with Crippen LogP contribution in [0.3, 0.4) is 0 Å². The molecule has 132 valence electrons. The molecule has 2 atom stereocenters. The molecule has 0 radical (unpaired) electrons. The number of amides is 1. The summed E-state index contributed by atoms with van der Waals surface area (Å²) in [5.74, 6) is -1.16. The minimum absolute atomic E-state index is 0.428. The largest absolute Gasteiger partial charge is 0.467 e. The fourth-order valence-electron chi connectivity index (χ4n) is 2.88. The van der Waals surface area contributed by atoms with Gasteiger partial charge < -0.3 is 15.2 Å². The summed E-state index contributed by atoms with van der Waals surface area (Å²) in [5, 5.41) is 14.9. The normalized spacial score (nSPS) is 13.0. The van der Waals surface area contributed by atoms with Crippen molar-refractivity contribution in [1.82, 2.24) is 5.32 Å². The van der Waals surface area contributed by atoms with Gasteiger partial charge in [0.15, 0.2) is 6.04 Å². The molecule has 0 bridgehead atoms. The van der Waals surface area contributed by atoms with Crippen molar-refractivity contribution >= 4 is 22.6 Å². The number of hydrogen-bond acceptors (Lipinski definition) is 4. The van der Waals surface area contributed by atoms with Crippen molar-refractivity contribution in [3.8, 4) is 0 Å². The zero-order chi connectivity index (χ0) is 18.5. The maximum Gasteiger partial charge on any atom is 0.331 e. The minimum atomic E-state index is -1.22. The van der Waals surface area contributed by atoms with Gasteiger partial charge in [-0.3, -0.25) is 4.79 Å². The summed E-state index contributed by atoms with van der Waals surface area (Å²) in [6, 6.07) is 20.3. The molecule has 0 aliphatic rings. The minimum Gasteiger partial charge on any atom is -0.467 e. The van der Waals surface area contributed by atoms with E-state index < -0.39 is 24.0 Å². The Hall–Kier alpha value is -3.18. The number of carbonyl (C=O) groups is 2. The average molecular weight is 349 g/mol. The van der Waals surface area contributed by atoms with Crippen LogP contribution in [-0.4, -0.2) is 30.1 Å². The second kappa shape index (κ2) is 7.80. The third-order valence-corrected chi connectivity index (χ3v) is 4.23. The molecule has 0 fully saturated rings. The van der Waals surface area contributed by atoms with Gasteiger partial charge in [0, 0.05) is 5.56 Å². The van der Waals surface area contributed by atoms with Crippen LogP contribution in [0.15, 0.2) is 72.8 Å². The SMILES string of the molecule is COC(=O)[C@@H](NC(=O)c1cccc2ccccc12)C(O)c1ccccc1. The van der Waals surface area contributed by atoms with Crippen LogP contribution >= 0.6 is 0 Å². The van der Waals surface area contributed by atoms with Crippen LogP contribution in [0.2, 0.25) is 0 Å². The highest BCUT2D eigenvalue weighted by molar-refractivity contribution is 6.08. The van der Waals surface area contributed by atoms with Crippen molar-refractivity contribution in [1.29, 1.82) is 0 Å². The van der Waals surface area contributed by atoms with E-state index in [-0.39, 0.29) is 0 Å². The van der Waals surface area contributed by atoms with Crippen molar-refractivity contribution in [2.75, 3.05) is 7.11 Å². The summed E-state index contributed by atoms with van der Waals surface area (Å²) < 4.78 is 4.77. The molecule has 0 saturated carbocycles. The summed E-state index contributed by atoms with van der Waals surface area (Å²) in [6.45, 7) is 0. The van der Waals surface area contributed by atoms with Gasteiger partial charge in [-0.05, 0) is 22.4 Å². The number of nitrogens with one attached hydrogen (secondary N) is 1.